The minimum atomic E-state index is -0.759. The number of aryl methyl sites for hydroxylation is 1. The molecule has 4 aromatic rings. The molecule has 0 spiro atoms. The second-order valence-electron chi connectivity index (χ2n) is 11.7. The summed E-state index contributed by atoms with van der Waals surface area (Å²) in [6.45, 7) is 8.33. The van der Waals surface area contributed by atoms with E-state index in [1.165, 1.54) is 0 Å². The number of amides is 2. The fourth-order valence-corrected chi connectivity index (χ4v) is 5.43. The van der Waals surface area contributed by atoms with Gasteiger partial charge in [-0.05, 0) is 72.4 Å². The molecule has 242 valence electrons. The predicted molar refractivity (Wildman–Crippen MR) is 186 cm³/mol. The summed E-state index contributed by atoms with van der Waals surface area (Å²) in [7, 11) is 0. The number of unbranched alkanes of at least 4 members (excludes halogenated alkanes) is 2. The molecule has 0 unspecified atom stereocenters. The van der Waals surface area contributed by atoms with Crippen molar-refractivity contribution < 1.29 is 23.6 Å². The Labute approximate surface area is 274 Å². The van der Waals surface area contributed by atoms with E-state index in [0.29, 0.717) is 16.2 Å². The Balaban J connectivity index is 1.23. The number of hydrogen-bond donors (Lipinski definition) is 0. The molecule has 0 aliphatic carbocycles. The fourth-order valence-electron chi connectivity index (χ4n) is 5.43. The second kappa shape index (κ2) is 15.4. The molecule has 0 radical (unpaired) electrons. The Morgan fingerprint density at radius 3 is 1.87 bits per heavy atom. The summed E-state index contributed by atoms with van der Waals surface area (Å²) >= 11 is 0. The normalized spacial score (nSPS) is 13.4. The zero-order chi connectivity index (χ0) is 33.3. The van der Waals surface area contributed by atoms with Crippen molar-refractivity contribution in [3.05, 3.63) is 111 Å². The highest BCUT2D eigenvalue weighted by molar-refractivity contribution is 6.02. The number of fused-ring (bicyclic) bond motifs is 1. The molecule has 3 aromatic carbocycles. The summed E-state index contributed by atoms with van der Waals surface area (Å²) in [6, 6.07) is 20.8. The van der Waals surface area contributed by atoms with E-state index >= 15 is 0 Å². The lowest BCUT2D eigenvalue weighted by atomic mass is 10.0. The summed E-state index contributed by atoms with van der Waals surface area (Å²) in [6.07, 6.45) is 12.2. The molecule has 2 amide bonds. The first-order valence-corrected chi connectivity index (χ1v) is 16.2. The zero-order valence-electron chi connectivity index (χ0n) is 27.2. The third-order valence-electron chi connectivity index (χ3n) is 8.30. The van der Waals surface area contributed by atoms with E-state index in [9.17, 15) is 19.2 Å². The average Bonchev–Trinajstić information content (AvgIpc) is 3.40. The Morgan fingerprint density at radius 2 is 1.32 bits per heavy atom. The Bertz CT molecular complexity index is 1840. The molecular weight excluding hydrogens is 592 g/mol. The summed E-state index contributed by atoms with van der Waals surface area (Å²) in [5.41, 5.74) is 5.79. The Morgan fingerprint density at radius 1 is 0.787 bits per heavy atom. The van der Waals surface area contributed by atoms with Crippen molar-refractivity contribution in [2.24, 2.45) is 0 Å². The third-order valence-corrected chi connectivity index (χ3v) is 8.30. The van der Waals surface area contributed by atoms with Crippen LogP contribution in [0.3, 0.4) is 0 Å². The monoisotopic (exact) mass is 632 g/mol. The number of benzene rings is 3. The predicted octanol–water partition coefficient (Wildman–Crippen LogP) is 8.07. The van der Waals surface area contributed by atoms with Crippen LogP contribution in [0.2, 0.25) is 0 Å². The highest BCUT2D eigenvalue weighted by Gasteiger charge is 2.33. The molecule has 8 heteroatoms. The number of hydroxylamine groups is 2. The van der Waals surface area contributed by atoms with Gasteiger partial charge in [-0.3, -0.25) is 9.59 Å². The van der Waals surface area contributed by atoms with Crippen molar-refractivity contribution in [1.29, 1.82) is 0 Å². The van der Waals surface area contributed by atoms with Gasteiger partial charge in [-0.25, -0.2) is 9.59 Å². The highest BCUT2D eigenvalue weighted by Crippen LogP contribution is 2.27. The largest absolute Gasteiger partial charge is 0.422 e. The third kappa shape index (κ3) is 8.14. The SMILES string of the molecule is CCCCN(CCCC)c1ccc2c(C)c(/C=C/c3ccc(/C=C/c4ccc(C(=O)ON5C(=O)CCC5=O)cc4)cc3)c(=O)oc2c1. The molecule has 2 heterocycles. The van der Waals surface area contributed by atoms with Crippen molar-refractivity contribution in [2.45, 2.75) is 59.3 Å². The summed E-state index contributed by atoms with van der Waals surface area (Å²) in [5.74, 6) is -1.79. The Hall–Kier alpha value is -5.24. The molecule has 47 heavy (non-hydrogen) atoms. The van der Waals surface area contributed by atoms with Gasteiger partial charge in [0.1, 0.15) is 5.58 Å². The maximum atomic E-state index is 13.0. The summed E-state index contributed by atoms with van der Waals surface area (Å²) < 4.78 is 5.82. The van der Waals surface area contributed by atoms with Gasteiger partial charge in [-0.15, -0.1) is 5.06 Å². The van der Waals surface area contributed by atoms with E-state index in [4.69, 9.17) is 9.25 Å². The number of nitrogens with zero attached hydrogens (tertiary/aromatic N) is 2. The van der Waals surface area contributed by atoms with Crippen LogP contribution in [0.25, 0.3) is 35.3 Å². The quantitative estimate of drug-likeness (QED) is 0.0835. The first-order valence-electron chi connectivity index (χ1n) is 16.2. The van der Waals surface area contributed by atoms with Gasteiger partial charge in [0.25, 0.3) is 11.8 Å². The average molecular weight is 633 g/mol. The van der Waals surface area contributed by atoms with Gasteiger partial charge < -0.3 is 14.2 Å². The van der Waals surface area contributed by atoms with E-state index in [0.717, 1.165) is 72.1 Å². The van der Waals surface area contributed by atoms with Gasteiger partial charge in [0.05, 0.1) is 11.1 Å². The number of imide groups is 1. The lowest BCUT2D eigenvalue weighted by molar-refractivity contribution is -0.172. The van der Waals surface area contributed by atoms with Crippen LogP contribution in [0.1, 0.15) is 90.5 Å². The molecule has 0 atom stereocenters. The topological polar surface area (TPSA) is 97.1 Å². The molecule has 0 N–H and O–H groups in total. The van der Waals surface area contributed by atoms with Crippen molar-refractivity contribution in [2.75, 3.05) is 18.0 Å². The summed E-state index contributed by atoms with van der Waals surface area (Å²) in [4.78, 5) is 56.1. The molecule has 1 aliphatic heterocycles. The minimum Gasteiger partial charge on any atom is -0.422 e. The van der Waals surface area contributed by atoms with Crippen molar-refractivity contribution in [1.82, 2.24) is 5.06 Å². The number of anilines is 1. The van der Waals surface area contributed by atoms with Gasteiger partial charge in [0.2, 0.25) is 0 Å². The van der Waals surface area contributed by atoms with E-state index in [2.05, 4.69) is 30.9 Å². The number of carbonyl (C=O) groups is 3. The molecule has 5 rings (SSSR count). The molecule has 1 aliphatic rings. The van der Waals surface area contributed by atoms with Gasteiger partial charge in [0, 0.05) is 43.1 Å². The van der Waals surface area contributed by atoms with Crippen molar-refractivity contribution >= 4 is 58.7 Å². The van der Waals surface area contributed by atoms with Crippen LogP contribution >= 0.6 is 0 Å². The van der Waals surface area contributed by atoms with Gasteiger partial charge >= 0.3 is 11.6 Å². The zero-order valence-corrected chi connectivity index (χ0v) is 27.2. The highest BCUT2D eigenvalue weighted by atomic mass is 16.7. The maximum absolute atomic E-state index is 13.0. The van der Waals surface area contributed by atoms with Crippen LogP contribution in [-0.4, -0.2) is 35.9 Å². The van der Waals surface area contributed by atoms with Gasteiger partial charge in [-0.2, -0.15) is 0 Å². The molecule has 1 aromatic heterocycles. The number of carbonyl (C=O) groups excluding carboxylic acids is 3. The molecule has 0 saturated carbocycles. The van der Waals surface area contributed by atoms with Crippen molar-refractivity contribution in [3.8, 4) is 0 Å². The molecule has 1 fully saturated rings. The number of hydrogen-bond acceptors (Lipinski definition) is 7. The minimum absolute atomic E-state index is 0.0486. The standard InChI is InChI=1S/C39H40N2O6/c1-4-6-24-40(25-7-5-2)32-19-21-33-27(3)34(39(45)46-35(33)26-32)20-16-29-11-8-28(9-12-29)10-13-30-14-17-31(18-15-30)38(44)47-41-36(42)22-23-37(41)43/h8-21,26H,4-7,22-25H2,1-3H3/b13-10+,20-16+. The molecule has 0 bridgehead atoms. The van der Waals surface area contributed by atoms with Crippen molar-refractivity contribution in [3.63, 3.8) is 0 Å². The number of rotatable bonds is 13. The Kier molecular flexibility index (Phi) is 10.8. The van der Waals surface area contributed by atoms with E-state index in [1.54, 1.807) is 24.3 Å². The van der Waals surface area contributed by atoms with Crippen LogP contribution in [0.4, 0.5) is 5.69 Å². The summed E-state index contributed by atoms with van der Waals surface area (Å²) in [5, 5.41) is 1.47. The molecule has 1 saturated heterocycles. The smallest absolute Gasteiger partial charge is 0.363 e. The second-order valence-corrected chi connectivity index (χ2v) is 11.7. The first-order chi connectivity index (χ1) is 22.8. The first kappa shape index (κ1) is 33.1. The molecular formula is C39H40N2O6. The van der Waals surface area contributed by atoms with E-state index in [-0.39, 0.29) is 24.0 Å². The van der Waals surface area contributed by atoms with E-state index < -0.39 is 17.8 Å². The van der Waals surface area contributed by atoms with Gasteiger partial charge in [-0.1, -0.05) is 81.3 Å². The van der Waals surface area contributed by atoms with Crippen LogP contribution in [0.5, 0.6) is 0 Å². The fraction of sp³-hybridized carbons (Fsp3) is 0.282. The van der Waals surface area contributed by atoms with Gasteiger partial charge in [0.15, 0.2) is 0 Å². The van der Waals surface area contributed by atoms with E-state index in [1.807, 2.05) is 61.6 Å². The van der Waals surface area contributed by atoms with Crippen LogP contribution in [0, 0.1) is 6.92 Å². The lowest BCUT2D eigenvalue weighted by Crippen LogP contribution is -2.32. The maximum Gasteiger partial charge on any atom is 0.363 e. The van der Waals surface area contributed by atoms with Crippen LogP contribution < -0.4 is 10.5 Å². The van der Waals surface area contributed by atoms with Crippen LogP contribution in [0.15, 0.2) is 75.9 Å². The van der Waals surface area contributed by atoms with Crippen LogP contribution in [-0.2, 0) is 14.4 Å². The molecule has 8 nitrogen and oxygen atoms in total. The lowest BCUT2D eigenvalue weighted by Gasteiger charge is -2.25.